The van der Waals surface area contributed by atoms with Crippen LogP contribution in [0, 0.1) is 6.92 Å². The van der Waals surface area contributed by atoms with Gasteiger partial charge in [0, 0.05) is 30.3 Å². The van der Waals surface area contributed by atoms with Gasteiger partial charge >= 0.3 is 0 Å². The Kier molecular flexibility index (Phi) is 6.01. The summed E-state index contributed by atoms with van der Waals surface area (Å²) in [6.45, 7) is 4.82. The van der Waals surface area contributed by atoms with Crippen LogP contribution in [0.15, 0.2) is 41.8 Å². The molecule has 2 heterocycles. The molecule has 1 saturated heterocycles. The molecule has 0 bridgehead atoms. The zero-order chi connectivity index (χ0) is 16.8. The van der Waals surface area contributed by atoms with Crippen molar-refractivity contribution in [3.05, 3.63) is 52.2 Å². The molecule has 1 N–H and O–H groups in total. The molecule has 4 nitrogen and oxygen atoms in total. The summed E-state index contributed by atoms with van der Waals surface area (Å²) in [5.74, 6) is 0.0267. The molecule has 0 radical (unpaired) electrons. The zero-order valence-corrected chi connectivity index (χ0v) is 14.8. The van der Waals surface area contributed by atoms with Gasteiger partial charge in [0.15, 0.2) is 0 Å². The Morgan fingerprint density at radius 1 is 1.33 bits per heavy atom. The van der Waals surface area contributed by atoms with Gasteiger partial charge in [-0.2, -0.15) is 0 Å². The van der Waals surface area contributed by atoms with Crippen LogP contribution in [0.1, 0.15) is 23.3 Å². The van der Waals surface area contributed by atoms with E-state index in [0.29, 0.717) is 6.54 Å². The predicted octanol–water partition coefficient (Wildman–Crippen LogP) is 3.68. The van der Waals surface area contributed by atoms with Crippen molar-refractivity contribution in [1.29, 1.82) is 0 Å². The van der Waals surface area contributed by atoms with E-state index < -0.39 is 0 Å². The average Bonchev–Trinajstić information content (AvgIpc) is 3.23. The first kappa shape index (κ1) is 17.1. The fourth-order valence-corrected chi connectivity index (χ4v) is 3.74. The molecule has 1 aromatic carbocycles. The van der Waals surface area contributed by atoms with Crippen LogP contribution < -0.4 is 5.32 Å². The summed E-state index contributed by atoms with van der Waals surface area (Å²) in [5, 5.41) is 5.10. The molecular formula is C19H24N2O2S. The van der Waals surface area contributed by atoms with Crippen molar-refractivity contribution in [1.82, 2.24) is 4.90 Å². The first-order chi connectivity index (χ1) is 11.7. The lowest BCUT2D eigenvalue weighted by Crippen LogP contribution is -2.37. The monoisotopic (exact) mass is 344 g/mol. The second kappa shape index (κ2) is 8.42. The number of aryl methyl sites for hydroxylation is 1. The summed E-state index contributed by atoms with van der Waals surface area (Å²) in [7, 11) is 0. The highest BCUT2D eigenvalue weighted by molar-refractivity contribution is 7.09. The zero-order valence-electron chi connectivity index (χ0n) is 14.0. The highest BCUT2D eigenvalue weighted by Gasteiger charge is 2.21. The Morgan fingerprint density at radius 2 is 2.21 bits per heavy atom. The van der Waals surface area contributed by atoms with Crippen LogP contribution in [0.3, 0.4) is 0 Å². The third-order valence-corrected chi connectivity index (χ3v) is 5.09. The number of amides is 1. The summed E-state index contributed by atoms with van der Waals surface area (Å²) in [5.41, 5.74) is 1.96. The topological polar surface area (TPSA) is 41.6 Å². The lowest BCUT2D eigenvalue weighted by molar-refractivity contribution is -0.117. The van der Waals surface area contributed by atoms with E-state index in [9.17, 15) is 4.79 Å². The van der Waals surface area contributed by atoms with Gasteiger partial charge < -0.3 is 10.1 Å². The molecule has 1 atom stereocenters. The minimum absolute atomic E-state index is 0.0267. The summed E-state index contributed by atoms with van der Waals surface area (Å²) in [4.78, 5) is 16.0. The van der Waals surface area contributed by atoms with Gasteiger partial charge in [-0.15, -0.1) is 11.3 Å². The van der Waals surface area contributed by atoms with Crippen molar-refractivity contribution in [3.8, 4) is 0 Å². The highest BCUT2D eigenvalue weighted by Crippen LogP contribution is 2.18. The largest absolute Gasteiger partial charge is 0.377 e. The Balaban J connectivity index is 1.61. The van der Waals surface area contributed by atoms with Crippen molar-refractivity contribution in [2.24, 2.45) is 0 Å². The third kappa shape index (κ3) is 4.90. The first-order valence-electron chi connectivity index (χ1n) is 8.42. The molecule has 1 fully saturated rings. The summed E-state index contributed by atoms with van der Waals surface area (Å²) >= 11 is 1.73. The molecule has 0 spiro atoms. The lowest BCUT2D eigenvalue weighted by Gasteiger charge is -2.24. The molecule has 1 aliphatic heterocycles. The van der Waals surface area contributed by atoms with Crippen molar-refractivity contribution in [2.45, 2.75) is 32.4 Å². The number of anilines is 1. The molecule has 1 aromatic heterocycles. The van der Waals surface area contributed by atoms with Crippen LogP contribution in [0.4, 0.5) is 5.69 Å². The number of rotatable bonds is 7. The maximum absolute atomic E-state index is 12.5. The summed E-state index contributed by atoms with van der Waals surface area (Å²) < 4.78 is 5.75. The molecule has 0 saturated carbocycles. The molecule has 128 valence electrons. The molecule has 1 amide bonds. The van der Waals surface area contributed by atoms with Gasteiger partial charge in [-0.3, -0.25) is 9.69 Å². The molecule has 1 aliphatic rings. The van der Waals surface area contributed by atoms with E-state index in [2.05, 4.69) is 27.7 Å². The van der Waals surface area contributed by atoms with Gasteiger partial charge in [0.2, 0.25) is 5.91 Å². The number of thiophene rings is 1. The molecule has 3 rings (SSSR count). The number of ether oxygens (including phenoxy) is 1. The molecule has 5 heteroatoms. The molecule has 1 unspecified atom stereocenters. The van der Waals surface area contributed by atoms with Gasteiger partial charge in [-0.05, 0) is 42.8 Å². The maximum atomic E-state index is 12.5. The van der Waals surface area contributed by atoms with E-state index in [1.165, 1.54) is 4.88 Å². The maximum Gasteiger partial charge on any atom is 0.238 e. The van der Waals surface area contributed by atoms with Crippen LogP contribution in [-0.2, 0) is 16.1 Å². The van der Waals surface area contributed by atoms with E-state index in [1.807, 2.05) is 31.2 Å². The van der Waals surface area contributed by atoms with E-state index in [4.69, 9.17) is 4.74 Å². The van der Waals surface area contributed by atoms with Crippen LogP contribution in [0.25, 0.3) is 0 Å². The molecule has 0 aliphatic carbocycles. The average molecular weight is 344 g/mol. The highest BCUT2D eigenvalue weighted by atomic mass is 32.1. The normalized spacial score (nSPS) is 17.3. The number of benzene rings is 1. The van der Waals surface area contributed by atoms with Crippen LogP contribution in [-0.4, -0.2) is 36.6 Å². The minimum Gasteiger partial charge on any atom is -0.377 e. The SMILES string of the molecule is Cc1ccccc1NC(=O)CN(Cc1cccs1)CC1CCCO1. The predicted molar refractivity (Wildman–Crippen MR) is 98.4 cm³/mol. The third-order valence-electron chi connectivity index (χ3n) is 4.23. The van der Waals surface area contributed by atoms with Gasteiger partial charge in [0.05, 0.1) is 12.6 Å². The van der Waals surface area contributed by atoms with Crippen molar-refractivity contribution >= 4 is 22.9 Å². The number of carbonyl (C=O) groups excluding carboxylic acids is 1. The second-order valence-corrected chi connectivity index (χ2v) is 7.28. The number of nitrogens with one attached hydrogen (secondary N) is 1. The van der Waals surface area contributed by atoms with Crippen LogP contribution in [0.5, 0.6) is 0 Å². The molecular weight excluding hydrogens is 320 g/mol. The Labute approximate surface area is 147 Å². The van der Waals surface area contributed by atoms with Gasteiger partial charge in [0.1, 0.15) is 0 Å². The van der Waals surface area contributed by atoms with E-state index in [1.54, 1.807) is 11.3 Å². The van der Waals surface area contributed by atoms with Gasteiger partial charge in [0.25, 0.3) is 0 Å². The Morgan fingerprint density at radius 3 is 2.92 bits per heavy atom. The summed E-state index contributed by atoms with van der Waals surface area (Å²) in [6.07, 6.45) is 2.45. The fourth-order valence-electron chi connectivity index (χ4n) is 2.99. The Hall–Kier alpha value is -1.69. The smallest absolute Gasteiger partial charge is 0.238 e. The van der Waals surface area contributed by atoms with Crippen molar-refractivity contribution in [3.63, 3.8) is 0 Å². The second-order valence-electron chi connectivity index (χ2n) is 6.25. The van der Waals surface area contributed by atoms with Crippen molar-refractivity contribution < 1.29 is 9.53 Å². The number of hydrogen-bond donors (Lipinski definition) is 1. The summed E-state index contributed by atoms with van der Waals surface area (Å²) in [6, 6.07) is 12.0. The molecule has 2 aromatic rings. The van der Waals surface area contributed by atoms with E-state index in [-0.39, 0.29) is 12.0 Å². The van der Waals surface area contributed by atoms with Crippen LogP contribution >= 0.6 is 11.3 Å². The van der Waals surface area contributed by atoms with E-state index in [0.717, 1.165) is 43.8 Å². The molecule has 24 heavy (non-hydrogen) atoms. The van der Waals surface area contributed by atoms with E-state index >= 15 is 0 Å². The minimum atomic E-state index is 0.0267. The number of nitrogens with zero attached hydrogens (tertiary/aromatic N) is 1. The van der Waals surface area contributed by atoms with Crippen molar-refractivity contribution in [2.75, 3.05) is 25.0 Å². The van der Waals surface area contributed by atoms with Crippen LogP contribution in [0.2, 0.25) is 0 Å². The fraction of sp³-hybridized carbons (Fsp3) is 0.421. The van der Waals surface area contributed by atoms with Gasteiger partial charge in [-0.25, -0.2) is 0 Å². The number of carbonyl (C=O) groups is 1. The quantitative estimate of drug-likeness (QED) is 0.833. The standard InChI is InChI=1S/C19H24N2O2S/c1-15-6-2-3-9-18(15)20-19(22)14-21(12-16-7-4-10-23-16)13-17-8-5-11-24-17/h2-3,5-6,8-9,11,16H,4,7,10,12-14H2,1H3,(H,20,22). The number of hydrogen-bond acceptors (Lipinski definition) is 4. The Bertz CT molecular complexity index is 651. The van der Waals surface area contributed by atoms with Gasteiger partial charge in [-0.1, -0.05) is 24.3 Å². The lowest BCUT2D eigenvalue weighted by atomic mass is 10.2. The number of para-hydroxylation sites is 1. The first-order valence-corrected chi connectivity index (χ1v) is 9.30.